The van der Waals surface area contributed by atoms with Gasteiger partial charge >= 0.3 is 0 Å². The molecule has 3 heterocycles. The summed E-state index contributed by atoms with van der Waals surface area (Å²) in [6, 6.07) is 19.0. The molecule has 0 spiro atoms. The normalized spacial score (nSPS) is 14.1. The van der Waals surface area contributed by atoms with Crippen LogP contribution in [0.5, 0.6) is 5.75 Å². The van der Waals surface area contributed by atoms with E-state index in [2.05, 4.69) is 15.4 Å². The molecule has 1 atom stereocenters. The van der Waals surface area contributed by atoms with Crippen molar-refractivity contribution in [3.8, 4) is 17.0 Å². The number of fused-ring (bicyclic) bond motifs is 1. The van der Waals surface area contributed by atoms with Crippen LogP contribution in [0.2, 0.25) is 0 Å². The van der Waals surface area contributed by atoms with Gasteiger partial charge in [0.25, 0.3) is 11.8 Å². The van der Waals surface area contributed by atoms with E-state index < -0.39 is 0 Å². The Balaban J connectivity index is 1.35. The minimum atomic E-state index is -0.303. The average molecular weight is 484 g/mol. The van der Waals surface area contributed by atoms with Crippen LogP contribution in [0.3, 0.4) is 0 Å². The summed E-state index contributed by atoms with van der Waals surface area (Å²) < 4.78 is 7.62. The lowest BCUT2D eigenvalue weighted by atomic mass is 10.0. The van der Waals surface area contributed by atoms with Gasteiger partial charge in [0.1, 0.15) is 11.3 Å². The molecule has 1 fully saturated rings. The number of likely N-dealkylation sites (tertiary alicyclic amines) is 1. The molecule has 1 aliphatic rings. The van der Waals surface area contributed by atoms with Gasteiger partial charge in [0.15, 0.2) is 12.3 Å². The number of para-hydroxylation sites is 1. The molecule has 4 aromatic rings. The van der Waals surface area contributed by atoms with Crippen LogP contribution < -0.4 is 10.1 Å². The highest BCUT2D eigenvalue weighted by Crippen LogP contribution is 2.28. The van der Waals surface area contributed by atoms with Crippen molar-refractivity contribution < 1.29 is 14.3 Å². The molecule has 1 saturated heterocycles. The quantitative estimate of drug-likeness (QED) is 0.404. The molecule has 1 aliphatic heterocycles. The molecule has 2 aromatic heterocycles. The number of hydrogen-bond acceptors (Lipinski definition) is 5. The lowest BCUT2D eigenvalue weighted by Crippen LogP contribution is -2.32. The van der Waals surface area contributed by atoms with Crippen molar-refractivity contribution in [1.29, 1.82) is 0 Å². The van der Waals surface area contributed by atoms with Crippen LogP contribution in [0.4, 0.5) is 0 Å². The standard InChI is InChI=1S/C28H29N5O3/c1-2-23(21-12-6-7-13-25(21)36-19-26(34)32-16-8-9-17-32)31-28(35)22-18-30-33-24(14-15-29-27(22)33)20-10-4-3-5-11-20/h3-7,10-15,18,23H,2,8-9,16-17,19H2,1H3,(H,31,35). The van der Waals surface area contributed by atoms with E-state index >= 15 is 0 Å². The van der Waals surface area contributed by atoms with Crippen molar-refractivity contribution in [3.63, 3.8) is 0 Å². The molecule has 1 unspecified atom stereocenters. The van der Waals surface area contributed by atoms with E-state index in [1.54, 1.807) is 16.9 Å². The fourth-order valence-electron chi connectivity index (χ4n) is 4.61. The number of nitrogens with one attached hydrogen (secondary N) is 1. The fourth-order valence-corrected chi connectivity index (χ4v) is 4.61. The maximum Gasteiger partial charge on any atom is 0.260 e. The Kier molecular flexibility index (Phi) is 6.93. The van der Waals surface area contributed by atoms with Gasteiger partial charge in [0.05, 0.1) is 17.9 Å². The zero-order valence-corrected chi connectivity index (χ0v) is 20.3. The van der Waals surface area contributed by atoms with E-state index in [9.17, 15) is 9.59 Å². The van der Waals surface area contributed by atoms with Gasteiger partial charge in [-0.3, -0.25) is 9.59 Å². The maximum atomic E-state index is 13.4. The van der Waals surface area contributed by atoms with Crippen molar-refractivity contribution in [2.75, 3.05) is 19.7 Å². The molecule has 0 radical (unpaired) electrons. The maximum absolute atomic E-state index is 13.4. The predicted molar refractivity (Wildman–Crippen MR) is 137 cm³/mol. The second-order valence-electron chi connectivity index (χ2n) is 8.84. The third-order valence-electron chi connectivity index (χ3n) is 6.53. The molecule has 184 valence electrons. The number of aromatic nitrogens is 3. The molecule has 5 rings (SSSR count). The zero-order valence-electron chi connectivity index (χ0n) is 20.3. The summed E-state index contributed by atoms with van der Waals surface area (Å²) in [4.78, 5) is 32.1. The summed E-state index contributed by atoms with van der Waals surface area (Å²) in [6.07, 6.45) is 5.96. The molecular formula is C28H29N5O3. The number of hydrogen-bond donors (Lipinski definition) is 1. The summed E-state index contributed by atoms with van der Waals surface area (Å²) >= 11 is 0. The van der Waals surface area contributed by atoms with Crippen molar-refractivity contribution in [2.24, 2.45) is 0 Å². The Labute approximate surface area is 209 Å². The summed E-state index contributed by atoms with van der Waals surface area (Å²) in [5.41, 5.74) is 3.56. The van der Waals surface area contributed by atoms with Gasteiger partial charge in [0, 0.05) is 30.4 Å². The van der Waals surface area contributed by atoms with Crippen LogP contribution in [0.25, 0.3) is 16.9 Å². The number of carbonyl (C=O) groups excluding carboxylic acids is 2. The highest BCUT2D eigenvalue weighted by molar-refractivity contribution is 6.00. The number of rotatable bonds is 8. The van der Waals surface area contributed by atoms with Gasteiger partial charge in [-0.25, -0.2) is 9.50 Å². The van der Waals surface area contributed by atoms with Gasteiger partial charge in [-0.05, 0) is 31.4 Å². The number of ether oxygens (including phenoxy) is 1. The van der Waals surface area contributed by atoms with Crippen molar-refractivity contribution >= 4 is 17.5 Å². The zero-order chi connectivity index (χ0) is 24.9. The van der Waals surface area contributed by atoms with Crippen LogP contribution in [-0.4, -0.2) is 51.0 Å². The smallest absolute Gasteiger partial charge is 0.260 e. The van der Waals surface area contributed by atoms with Crippen LogP contribution >= 0.6 is 0 Å². The van der Waals surface area contributed by atoms with E-state index in [1.807, 2.05) is 72.5 Å². The summed E-state index contributed by atoms with van der Waals surface area (Å²) in [6.45, 7) is 3.56. The summed E-state index contributed by atoms with van der Waals surface area (Å²) in [5.74, 6) is 0.324. The molecular weight excluding hydrogens is 454 g/mol. The van der Waals surface area contributed by atoms with Gasteiger partial charge in [-0.1, -0.05) is 55.5 Å². The van der Waals surface area contributed by atoms with Crippen molar-refractivity contribution in [2.45, 2.75) is 32.2 Å². The minimum Gasteiger partial charge on any atom is -0.483 e. The van der Waals surface area contributed by atoms with Crippen molar-refractivity contribution in [1.82, 2.24) is 24.8 Å². The van der Waals surface area contributed by atoms with Crippen LogP contribution in [0.15, 0.2) is 73.1 Å². The Bertz CT molecular complexity index is 1360. The van der Waals surface area contributed by atoms with Gasteiger partial charge < -0.3 is 15.0 Å². The summed E-state index contributed by atoms with van der Waals surface area (Å²) in [7, 11) is 0. The van der Waals surface area contributed by atoms with E-state index in [4.69, 9.17) is 4.74 Å². The largest absolute Gasteiger partial charge is 0.483 e. The molecule has 0 saturated carbocycles. The van der Waals surface area contributed by atoms with E-state index in [0.29, 0.717) is 23.4 Å². The molecule has 1 N–H and O–H groups in total. The molecule has 8 heteroatoms. The Morgan fingerprint density at radius 2 is 1.78 bits per heavy atom. The first-order valence-corrected chi connectivity index (χ1v) is 12.3. The Morgan fingerprint density at radius 1 is 1.03 bits per heavy atom. The molecule has 8 nitrogen and oxygen atoms in total. The van der Waals surface area contributed by atoms with Crippen LogP contribution in [0.1, 0.15) is 48.1 Å². The fraction of sp³-hybridized carbons (Fsp3) is 0.286. The first-order chi connectivity index (χ1) is 17.7. The van der Waals surface area contributed by atoms with E-state index in [-0.39, 0.29) is 24.5 Å². The highest BCUT2D eigenvalue weighted by atomic mass is 16.5. The Morgan fingerprint density at radius 3 is 2.56 bits per heavy atom. The number of carbonyl (C=O) groups is 2. The molecule has 2 amide bonds. The number of benzene rings is 2. The number of amides is 2. The molecule has 0 bridgehead atoms. The monoisotopic (exact) mass is 483 g/mol. The topological polar surface area (TPSA) is 88.8 Å². The van der Waals surface area contributed by atoms with Gasteiger partial charge in [-0.15, -0.1) is 0 Å². The molecule has 36 heavy (non-hydrogen) atoms. The lowest BCUT2D eigenvalue weighted by Gasteiger charge is -2.21. The third-order valence-corrected chi connectivity index (χ3v) is 6.53. The first-order valence-electron chi connectivity index (χ1n) is 12.3. The van der Waals surface area contributed by atoms with Crippen LogP contribution in [0, 0.1) is 0 Å². The van der Waals surface area contributed by atoms with Crippen LogP contribution in [-0.2, 0) is 4.79 Å². The average Bonchev–Trinajstić information content (AvgIpc) is 3.62. The lowest BCUT2D eigenvalue weighted by molar-refractivity contribution is -0.132. The highest BCUT2D eigenvalue weighted by Gasteiger charge is 2.23. The van der Waals surface area contributed by atoms with Gasteiger partial charge in [0.2, 0.25) is 0 Å². The minimum absolute atomic E-state index is 0.00830. The second-order valence-corrected chi connectivity index (χ2v) is 8.84. The molecule has 0 aliphatic carbocycles. The SMILES string of the molecule is CCC(NC(=O)c1cnn2c(-c3ccccc3)ccnc12)c1ccccc1OCC(=O)N1CCCC1. The van der Waals surface area contributed by atoms with E-state index in [1.165, 1.54) is 0 Å². The van der Waals surface area contributed by atoms with E-state index in [0.717, 1.165) is 42.8 Å². The molecule has 2 aromatic carbocycles. The van der Waals surface area contributed by atoms with Gasteiger partial charge in [-0.2, -0.15) is 5.10 Å². The van der Waals surface area contributed by atoms with Crippen molar-refractivity contribution in [3.05, 3.63) is 84.2 Å². The Hall–Kier alpha value is -4.20. The number of nitrogens with zero attached hydrogens (tertiary/aromatic N) is 4. The second kappa shape index (κ2) is 10.6. The predicted octanol–water partition coefficient (Wildman–Crippen LogP) is 4.28. The third kappa shape index (κ3) is 4.79. The first kappa shape index (κ1) is 23.5. The summed E-state index contributed by atoms with van der Waals surface area (Å²) in [5, 5.41) is 7.56.